The summed E-state index contributed by atoms with van der Waals surface area (Å²) in [6.45, 7) is 0. The summed E-state index contributed by atoms with van der Waals surface area (Å²) in [6.07, 6.45) is 0. The highest BCUT2D eigenvalue weighted by Crippen LogP contribution is 2.31. The first-order valence-corrected chi connectivity index (χ1v) is 8.34. The summed E-state index contributed by atoms with van der Waals surface area (Å²) in [5.41, 5.74) is 6.22. The van der Waals surface area contributed by atoms with Crippen LogP contribution in [0.15, 0.2) is 45.8 Å². The van der Waals surface area contributed by atoms with Crippen molar-refractivity contribution in [1.29, 1.82) is 0 Å². The van der Waals surface area contributed by atoms with Gasteiger partial charge in [-0.2, -0.15) is 0 Å². The molecule has 0 saturated carbocycles. The lowest BCUT2D eigenvalue weighted by molar-refractivity contribution is 0.595. The minimum Gasteiger partial charge on any atom is -0.398 e. The van der Waals surface area contributed by atoms with Crippen LogP contribution in [-0.2, 0) is 15.6 Å². The third-order valence-electron chi connectivity index (χ3n) is 2.67. The fraction of sp³-hybridized carbons (Fsp3) is 0.0769. The molecule has 3 nitrogen and oxygen atoms in total. The summed E-state index contributed by atoms with van der Waals surface area (Å²) in [6, 6.07) is 8.32. The summed E-state index contributed by atoms with van der Waals surface area (Å²) in [5.74, 6) is -0.766. The number of benzene rings is 2. The Morgan fingerprint density at radius 2 is 1.95 bits per heavy atom. The second-order valence-electron chi connectivity index (χ2n) is 4.15. The lowest BCUT2D eigenvalue weighted by atomic mass is 10.2. The Morgan fingerprint density at radius 1 is 1.25 bits per heavy atom. The number of nitrogens with two attached hydrogens (primary N) is 1. The van der Waals surface area contributed by atoms with Gasteiger partial charge in [-0.05, 0) is 29.8 Å². The predicted octanol–water partition coefficient (Wildman–Crippen LogP) is 3.80. The number of hydrogen-bond acceptors (Lipinski definition) is 3. The average molecular weight is 379 g/mol. The van der Waals surface area contributed by atoms with Gasteiger partial charge in [0.05, 0.1) is 16.5 Å². The highest BCUT2D eigenvalue weighted by Gasteiger charge is 2.22. The van der Waals surface area contributed by atoms with Crippen LogP contribution in [0.3, 0.4) is 0 Å². The third-order valence-corrected chi connectivity index (χ3v) is 5.60. The Kier molecular flexibility index (Phi) is 4.36. The van der Waals surface area contributed by atoms with Gasteiger partial charge in [0.25, 0.3) is 0 Å². The quantitative estimate of drug-likeness (QED) is 0.827. The van der Waals surface area contributed by atoms with Gasteiger partial charge < -0.3 is 5.73 Å². The summed E-state index contributed by atoms with van der Waals surface area (Å²) >= 11 is 9.06. The molecule has 2 rings (SSSR count). The van der Waals surface area contributed by atoms with E-state index in [9.17, 15) is 12.8 Å². The molecule has 0 aromatic heterocycles. The number of rotatable bonds is 3. The maximum absolute atomic E-state index is 13.0. The minimum atomic E-state index is -3.72. The van der Waals surface area contributed by atoms with E-state index in [4.69, 9.17) is 17.3 Å². The Balaban J connectivity index is 2.46. The van der Waals surface area contributed by atoms with Gasteiger partial charge in [-0.1, -0.05) is 39.7 Å². The van der Waals surface area contributed by atoms with E-state index in [2.05, 4.69) is 15.9 Å². The molecule has 2 N–H and O–H groups in total. The molecule has 2 aromatic carbocycles. The zero-order valence-electron chi connectivity index (χ0n) is 10.1. The second kappa shape index (κ2) is 5.71. The highest BCUT2D eigenvalue weighted by atomic mass is 79.9. The van der Waals surface area contributed by atoms with E-state index in [0.29, 0.717) is 10.0 Å². The largest absolute Gasteiger partial charge is 0.398 e. The summed E-state index contributed by atoms with van der Waals surface area (Å²) in [7, 11) is -3.72. The lowest BCUT2D eigenvalue weighted by Gasteiger charge is -2.10. The van der Waals surface area contributed by atoms with Gasteiger partial charge in [0.1, 0.15) is 10.7 Å². The van der Waals surface area contributed by atoms with Crippen molar-refractivity contribution in [2.24, 2.45) is 0 Å². The molecule has 0 spiro atoms. The smallest absolute Gasteiger partial charge is 0.186 e. The highest BCUT2D eigenvalue weighted by molar-refractivity contribution is 9.10. The molecule has 0 radical (unpaired) electrons. The van der Waals surface area contributed by atoms with Crippen LogP contribution in [0.25, 0.3) is 0 Å². The van der Waals surface area contributed by atoms with Crippen molar-refractivity contribution in [3.8, 4) is 0 Å². The minimum absolute atomic E-state index is 0.0724. The normalized spacial score (nSPS) is 11.6. The van der Waals surface area contributed by atoms with Crippen molar-refractivity contribution < 1.29 is 12.8 Å². The van der Waals surface area contributed by atoms with Crippen molar-refractivity contribution in [2.45, 2.75) is 10.6 Å². The van der Waals surface area contributed by atoms with Gasteiger partial charge in [0, 0.05) is 4.47 Å². The van der Waals surface area contributed by atoms with Crippen LogP contribution in [0.2, 0.25) is 5.02 Å². The Labute approximate surface area is 129 Å². The number of hydrogen-bond donors (Lipinski definition) is 1. The van der Waals surface area contributed by atoms with Crippen LogP contribution in [0.5, 0.6) is 0 Å². The van der Waals surface area contributed by atoms with Crippen molar-refractivity contribution in [3.63, 3.8) is 0 Å². The van der Waals surface area contributed by atoms with Crippen LogP contribution in [0.4, 0.5) is 10.1 Å². The average Bonchev–Trinajstić information content (AvgIpc) is 2.32. The monoisotopic (exact) mass is 377 g/mol. The first kappa shape index (κ1) is 15.3. The van der Waals surface area contributed by atoms with Crippen molar-refractivity contribution in [3.05, 3.63) is 57.3 Å². The first-order chi connectivity index (χ1) is 9.31. The van der Waals surface area contributed by atoms with Gasteiger partial charge in [-0.25, -0.2) is 12.8 Å². The van der Waals surface area contributed by atoms with E-state index in [1.807, 2.05) is 0 Å². The molecule has 0 bridgehead atoms. The topological polar surface area (TPSA) is 60.2 Å². The molecule has 0 aliphatic heterocycles. The van der Waals surface area contributed by atoms with Gasteiger partial charge in [0.15, 0.2) is 9.84 Å². The standard InChI is InChI=1S/C13H10BrClFNO2S/c14-10-6-9(16)5-4-8(10)7-20(18,19)13-11(15)2-1-3-12(13)17/h1-6H,7,17H2. The van der Waals surface area contributed by atoms with E-state index in [0.717, 1.165) is 0 Å². The zero-order chi connectivity index (χ0) is 14.9. The zero-order valence-corrected chi connectivity index (χ0v) is 13.3. The first-order valence-electron chi connectivity index (χ1n) is 5.52. The SMILES string of the molecule is Nc1cccc(Cl)c1S(=O)(=O)Cc1ccc(F)cc1Br. The summed E-state index contributed by atoms with van der Waals surface area (Å²) in [4.78, 5) is -0.0992. The molecule has 0 aliphatic carbocycles. The number of nitrogen functional groups attached to an aromatic ring is 1. The van der Waals surface area contributed by atoms with Gasteiger partial charge >= 0.3 is 0 Å². The Bertz CT molecular complexity index is 745. The fourth-order valence-corrected chi connectivity index (χ4v) is 4.58. The number of anilines is 1. The molecule has 2 aromatic rings. The fourth-order valence-electron chi connectivity index (χ4n) is 1.77. The predicted molar refractivity (Wildman–Crippen MR) is 80.9 cm³/mol. The Morgan fingerprint density at radius 3 is 2.55 bits per heavy atom. The van der Waals surface area contributed by atoms with Crippen molar-refractivity contribution in [2.75, 3.05) is 5.73 Å². The number of sulfone groups is 1. The molecule has 7 heteroatoms. The van der Waals surface area contributed by atoms with Crippen molar-refractivity contribution in [1.82, 2.24) is 0 Å². The molecule has 0 saturated heterocycles. The van der Waals surface area contributed by atoms with Crippen LogP contribution in [0, 0.1) is 5.82 Å². The number of halogens is 3. The van der Waals surface area contributed by atoms with E-state index in [-0.39, 0.29) is 21.4 Å². The van der Waals surface area contributed by atoms with Crippen LogP contribution in [-0.4, -0.2) is 8.42 Å². The van der Waals surface area contributed by atoms with Crippen LogP contribution < -0.4 is 5.73 Å². The van der Waals surface area contributed by atoms with Crippen LogP contribution in [0.1, 0.15) is 5.56 Å². The van der Waals surface area contributed by atoms with Gasteiger partial charge in [-0.15, -0.1) is 0 Å². The molecule has 20 heavy (non-hydrogen) atoms. The Hall–Kier alpha value is -1.11. The van der Waals surface area contributed by atoms with Crippen LogP contribution >= 0.6 is 27.5 Å². The van der Waals surface area contributed by atoms with E-state index >= 15 is 0 Å². The van der Waals surface area contributed by atoms with Gasteiger partial charge in [0.2, 0.25) is 0 Å². The van der Waals surface area contributed by atoms with E-state index in [1.54, 1.807) is 6.07 Å². The maximum Gasteiger partial charge on any atom is 0.186 e. The molecule has 106 valence electrons. The molecule has 0 fully saturated rings. The third kappa shape index (κ3) is 3.13. The maximum atomic E-state index is 13.0. The molecule has 0 amide bonds. The van der Waals surface area contributed by atoms with E-state index < -0.39 is 15.7 Å². The van der Waals surface area contributed by atoms with Crippen molar-refractivity contribution >= 4 is 43.1 Å². The summed E-state index contributed by atoms with van der Waals surface area (Å²) < 4.78 is 38.2. The molecule has 0 atom stereocenters. The molecular formula is C13H10BrClFNO2S. The molecule has 0 heterocycles. The van der Waals surface area contributed by atoms with Gasteiger partial charge in [-0.3, -0.25) is 0 Å². The van der Waals surface area contributed by atoms with E-state index in [1.165, 1.54) is 30.3 Å². The summed E-state index contributed by atoms with van der Waals surface area (Å²) in [5, 5.41) is 0.0724. The lowest BCUT2D eigenvalue weighted by Crippen LogP contribution is -2.09. The molecule has 0 unspecified atom stereocenters. The molecular weight excluding hydrogens is 369 g/mol. The second-order valence-corrected chi connectivity index (χ2v) is 7.34. The molecule has 0 aliphatic rings.